The molecule has 0 saturated heterocycles. The number of benzene rings is 1. The molecule has 2 N–H and O–H groups in total. The molecule has 0 aliphatic heterocycles. The molecule has 0 aromatic heterocycles. The van der Waals surface area contributed by atoms with Crippen molar-refractivity contribution in [2.45, 2.75) is 19.0 Å². The van der Waals surface area contributed by atoms with Gasteiger partial charge in [0.25, 0.3) is 0 Å². The van der Waals surface area contributed by atoms with Gasteiger partial charge in [-0.3, -0.25) is 0 Å². The third-order valence-electron chi connectivity index (χ3n) is 1.90. The fourth-order valence-corrected chi connectivity index (χ4v) is 1.09. The number of nitrogen functional groups attached to an aromatic ring is 1. The Morgan fingerprint density at radius 1 is 1.07 bits per heavy atom. The molecule has 0 unspecified atom stereocenters. The van der Waals surface area contributed by atoms with Crippen LogP contribution in [0.1, 0.15) is 11.1 Å². The lowest BCUT2D eigenvalue weighted by Crippen LogP contribution is -2.34. The van der Waals surface area contributed by atoms with Crippen LogP contribution in [0.15, 0.2) is 18.2 Å². The highest BCUT2D eigenvalue weighted by Crippen LogP contribution is 2.45. The number of hydrogen-bond acceptors (Lipinski definition) is 1. The monoisotopic (exact) mass is 225 g/mol. The maximum absolute atomic E-state index is 12.9. The Kier molecular flexibility index (Phi) is 2.63. The van der Waals surface area contributed by atoms with E-state index in [0.29, 0.717) is 5.56 Å². The van der Waals surface area contributed by atoms with E-state index in [1.165, 1.54) is 13.0 Å². The quantitative estimate of drug-likeness (QED) is 0.576. The average Bonchev–Trinajstić information content (AvgIpc) is 2.07. The summed E-state index contributed by atoms with van der Waals surface area (Å²) in [4.78, 5) is 0. The standard InChI is InChI=1S/C9H8F5N/c1-5-2-3-7(15)6(4-5)8(10,11)9(12,13)14/h2-4H,15H2,1H3. The van der Waals surface area contributed by atoms with E-state index in [1.54, 1.807) is 0 Å². The van der Waals surface area contributed by atoms with Gasteiger partial charge in [-0.1, -0.05) is 11.6 Å². The second-order valence-electron chi connectivity index (χ2n) is 3.16. The number of alkyl halides is 5. The second kappa shape index (κ2) is 3.36. The molecule has 0 atom stereocenters. The Hall–Kier alpha value is -1.33. The topological polar surface area (TPSA) is 26.0 Å². The van der Waals surface area contributed by atoms with Crippen molar-refractivity contribution in [1.82, 2.24) is 0 Å². The number of hydrogen-bond donors (Lipinski definition) is 1. The molecule has 0 radical (unpaired) electrons. The van der Waals surface area contributed by atoms with Crippen molar-refractivity contribution in [3.05, 3.63) is 29.3 Å². The van der Waals surface area contributed by atoms with Gasteiger partial charge in [0.2, 0.25) is 0 Å². The SMILES string of the molecule is Cc1ccc(N)c(C(F)(F)C(F)(F)F)c1. The van der Waals surface area contributed by atoms with E-state index < -0.39 is 23.3 Å². The summed E-state index contributed by atoms with van der Waals surface area (Å²) >= 11 is 0. The molecular weight excluding hydrogens is 217 g/mol. The van der Waals surface area contributed by atoms with Crippen LogP contribution < -0.4 is 5.73 Å². The summed E-state index contributed by atoms with van der Waals surface area (Å²) in [6.07, 6.45) is -5.63. The van der Waals surface area contributed by atoms with Crippen LogP contribution in [-0.2, 0) is 5.92 Å². The van der Waals surface area contributed by atoms with Crippen LogP contribution in [0.5, 0.6) is 0 Å². The minimum absolute atomic E-state index is 0.295. The largest absolute Gasteiger partial charge is 0.458 e. The summed E-state index contributed by atoms with van der Waals surface area (Å²) in [5.41, 5.74) is 3.62. The second-order valence-corrected chi connectivity index (χ2v) is 3.16. The van der Waals surface area contributed by atoms with Crippen LogP contribution in [0.3, 0.4) is 0 Å². The van der Waals surface area contributed by atoms with E-state index in [-0.39, 0.29) is 0 Å². The van der Waals surface area contributed by atoms with Crippen LogP contribution >= 0.6 is 0 Å². The van der Waals surface area contributed by atoms with Gasteiger partial charge < -0.3 is 5.73 Å². The Labute approximate surface area is 82.7 Å². The average molecular weight is 225 g/mol. The van der Waals surface area contributed by atoms with Crippen molar-refractivity contribution >= 4 is 5.69 Å². The van der Waals surface area contributed by atoms with Gasteiger partial charge >= 0.3 is 12.1 Å². The predicted octanol–water partition coefficient (Wildman–Crippen LogP) is 3.23. The van der Waals surface area contributed by atoms with Gasteiger partial charge in [0.1, 0.15) is 0 Å². The highest BCUT2D eigenvalue weighted by Gasteiger charge is 2.59. The van der Waals surface area contributed by atoms with Crippen LogP contribution in [-0.4, -0.2) is 6.18 Å². The van der Waals surface area contributed by atoms with Crippen molar-refractivity contribution in [2.75, 3.05) is 5.73 Å². The van der Waals surface area contributed by atoms with Gasteiger partial charge in [-0.05, 0) is 19.1 Å². The van der Waals surface area contributed by atoms with Crippen LogP contribution in [0, 0.1) is 6.92 Å². The Morgan fingerprint density at radius 3 is 2.07 bits per heavy atom. The third kappa shape index (κ3) is 2.03. The molecule has 1 rings (SSSR count). The van der Waals surface area contributed by atoms with Gasteiger partial charge in [0.15, 0.2) is 0 Å². The molecule has 0 aliphatic rings. The van der Waals surface area contributed by atoms with Gasteiger partial charge in [-0.15, -0.1) is 0 Å². The molecule has 0 saturated carbocycles. The molecule has 0 heterocycles. The number of aryl methyl sites for hydroxylation is 1. The van der Waals surface area contributed by atoms with Crippen LogP contribution in [0.2, 0.25) is 0 Å². The van der Waals surface area contributed by atoms with Crippen molar-refractivity contribution in [2.24, 2.45) is 0 Å². The fraction of sp³-hybridized carbons (Fsp3) is 0.333. The van der Waals surface area contributed by atoms with Crippen LogP contribution in [0.25, 0.3) is 0 Å². The lowest BCUT2D eigenvalue weighted by Gasteiger charge is -2.21. The maximum Gasteiger partial charge on any atom is 0.458 e. The molecular formula is C9H8F5N. The summed E-state index contributed by atoms with van der Waals surface area (Å²) in [6, 6.07) is 3.14. The van der Waals surface area contributed by atoms with Gasteiger partial charge in [-0.2, -0.15) is 22.0 Å². The van der Waals surface area contributed by atoms with Gasteiger partial charge in [0.05, 0.1) is 5.56 Å². The number of nitrogens with two attached hydrogens (primary N) is 1. The summed E-state index contributed by atoms with van der Waals surface area (Å²) in [5, 5.41) is 0. The van der Waals surface area contributed by atoms with E-state index in [1.807, 2.05) is 0 Å². The van der Waals surface area contributed by atoms with E-state index in [9.17, 15) is 22.0 Å². The van der Waals surface area contributed by atoms with E-state index in [0.717, 1.165) is 12.1 Å². The van der Waals surface area contributed by atoms with E-state index in [2.05, 4.69) is 0 Å². The fourth-order valence-electron chi connectivity index (χ4n) is 1.09. The molecule has 0 amide bonds. The smallest absolute Gasteiger partial charge is 0.398 e. The zero-order valence-corrected chi connectivity index (χ0v) is 7.70. The number of anilines is 1. The molecule has 0 aliphatic carbocycles. The summed E-state index contributed by atoms with van der Waals surface area (Å²) in [6.45, 7) is 1.41. The zero-order chi connectivity index (χ0) is 11.9. The Balaban J connectivity index is 3.32. The first-order valence-corrected chi connectivity index (χ1v) is 3.97. The molecule has 1 nitrogen and oxygen atoms in total. The van der Waals surface area contributed by atoms with Gasteiger partial charge in [-0.25, -0.2) is 0 Å². The molecule has 1 aromatic rings. The van der Waals surface area contributed by atoms with Crippen molar-refractivity contribution in [3.63, 3.8) is 0 Å². The number of rotatable bonds is 1. The van der Waals surface area contributed by atoms with Crippen LogP contribution in [0.4, 0.5) is 27.6 Å². The summed E-state index contributed by atoms with van der Waals surface area (Å²) in [7, 11) is 0. The third-order valence-corrected chi connectivity index (χ3v) is 1.90. The predicted molar refractivity (Wildman–Crippen MR) is 45.5 cm³/mol. The normalized spacial score (nSPS) is 12.9. The minimum atomic E-state index is -5.63. The van der Waals surface area contributed by atoms with Crippen molar-refractivity contribution in [1.29, 1.82) is 0 Å². The Bertz CT molecular complexity index is 369. The van der Waals surface area contributed by atoms with E-state index in [4.69, 9.17) is 5.73 Å². The number of halogens is 5. The first-order valence-electron chi connectivity index (χ1n) is 3.97. The summed E-state index contributed by atoms with van der Waals surface area (Å²) in [5.74, 6) is -4.91. The first kappa shape index (κ1) is 11.7. The molecule has 0 spiro atoms. The Morgan fingerprint density at radius 2 is 1.60 bits per heavy atom. The molecule has 1 aromatic carbocycles. The first-order chi connectivity index (χ1) is 6.66. The molecule has 6 heteroatoms. The lowest BCUT2D eigenvalue weighted by molar-refractivity contribution is -0.289. The highest BCUT2D eigenvalue weighted by molar-refractivity contribution is 5.51. The van der Waals surface area contributed by atoms with E-state index >= 15 is 0 Å². The maximum atomic E-state index is 12.9. The van der Waals surface area contributed by atoms with Crippen molar-refractivity contribution in [3.8, 4) is 0 Å². The lowest BCUT2D eigenvalue weighted by atomic mass is 10.0. The highest BCUT2D eigenvalue weighted by atomic mass is 19.4. The minimum Gasteiger partial charge on any atom is -0.398 e. The van der Waals surface area contributed by atoms with Gasteiger partial charge in [0, 0.05) is 5.69 Å². The zero-order valence-electron chi connectivity index (χ0n) is 7.70. The summed E-state index contributed by atoms with van der Waals surface area (Å²) < 4.78 is 61.9. The van der Waals surface area contributed by atoms with Crippen molar-refractivity contribution < 1.29 is 22.0 Å². The molecule has 0 fully saturated rings. The molecule has 0 bridgehead atoms. The molecule has 15 heavy (non-hydrogen) atoms. The molecule has 84 valence electrons.